The minimum atomic E-state index is 0.419. The largest absolute Gasteiger partial charge is 0.375 e. The number of rotatable bonds is 2. The van der Waals surface area contributed by atoms with Gasteiger partial charge in [0.05, 0.1) is 12.7 Å². The molecule has 1 saturated heterocycles. The third-order valence-electron chi connectivity index (χ3n) is 3.71. The Hall–Kier alpha value is -0.230. The highest BCUT2D eigenvalue weighted by molar-refractivity contribution is 7.10. The first-order valence-electron chi connectivity index (χ1n) is 6.17. The summed E-state index contributed by atoms with van der Waals surface area (Å²) in [6.07, 6.45) is 5.46. The van der Waals surface area contributed by atoms with Gasteiger partial charge in [-0.25, -0.2) is 0 Å². The molecule has 0 N–H and O–H groups in total. The molecule has 2 atom stereocenters. The number of nitrogens with zero attached hydrogens (tertiary/aromatic N) is 3. The van der Waals surface area contributed by atoms with Crippen LogP contribution in [-0.4, -0.2) is 39.8 Å². The molecule has 0 aromatic carbocycles. The Bertz CT molecular complexity index is 385. The van der Waals surface area contributed by atoms with Crippen molar-refractivity contribution in [2.24, 2.45) is 0 Å². The van der Waals surface area contributed by atoms with Crippen molar-refractivity contribution in [3.63, 3.8) is 0 Å². The molecule has 1 aromatic rings. The number of fused-ring (bicyclic) bond motifs is 1. The van der Waals surface area contributed by atoms with Gasteiger partial charge >= 0.3 is 0 Å². The molecule has 4 nitrogen and oxygen atoms in total. The van der Waals surface area contributed by atoms with Crippen molar-refractivity contribution in [2.75, 3.05) is 13.2 Å². The van der Waals surface area contributed by atoms with Crippen LogP contribution in [0, 0.1) is 0 Å². The normalized spacial score (nSPS) is 30.2. The van der Waals surface area contributed by atoms with Crippen molar-refractivity contribution >= 4 is 23.1 Å². The third-order valence-corrected chi connectivity index (χ3v) is 4.69. The van der Waals surface area contributed by atoms with E-state index in [1.54, 1.807) is 0 Å². The first-order valence-corrected chi connectivity index (χ1v) is 7.32. The van der Waals surface area contributed by atoms with E-state index in [-0.39, 0.29) is 0 Å². The standard InChI is InChI=1S/C11H16ClN3OS/c12-11-8(13-14-17-11)7-15-5-6-16-10-4-2-1-3-9(10)15/h9-10H,1-7H2/t9-,10+/m0/s1. The molecule has 0 unspecified atom stereocenters. The quantitative estimate of drug-likeness (QED) is 0.829. The van der Waals surface area contributed by atoms with E-state index >= 15 is 0 Å². The average molecular weight is 274 g/mol. The van der Waals surface area contributed by atoms with Gasteiger partial charge in [-0.05, 0) is 12.8 Å². The van der Waals surface area contributed by atoms with Crippen LogP contribution < -0.4 is 0 Å². The maximum Gasteiger partial charge on any atom is 0.138 e. The van der Waals surface area contributed by atoms with Crippen molar-refractivity contribution < 1.29 is 4.74 Å². The molecule has 0 radical (unpaired) electrons. The molecular weight excluding hydrogens is 258 g/mol. The predicted octanol–water partition coefficient (Wildman–Crippen LogP) is 2.33. The molecule has 1 aliphatic carbocycles. The first-order chi connectivity index (χ1) is 8.34. The van der Waals surface area contributed by atoms with Crippen LogP contribution in [0.2, 0.25) is 4.34 Å². The van der Waals surface area contributed by atoms with E-state index in [2.05, 4.69) is 14.5 Å². The summed E-state index contributed by atoms with van der Waals surface area (Å²) in [6.45, 7) is 2.63. The van der Waals surface area contributed by atoms with E-state index in [1.165, 1.54) is 37.2 Å². The fraction of sp³-hybridized carbons (Fsp3) is 0.818. The Morgan fingerprint density at radius 2 is 2.29 bits per heavy atom. The second-order valence-electron chi connectivity index (χ2n) is 4.72. The van der Waals surface area contributed by atoms with Crippen LogP contribution >= 0.6 is 23.1 Å². The van der Waals surface area contributed by atoms with E-state index in [4.69, 9.17) is 16.3 Å². The van der Waals surface area contributed by atoms with Crippen LogP contribution in [0.25, 0.3) is 0 Å². The summed E-state index contributed by atoms with van der Waals surface area (Å²) in [5.74, 6) is 0. The van der Waals surface area contributed by atoms with Gasteiger partial charge in [0, 0.05) is 30.7 Å². The fourth-order valence-electron chi connectivity index (χ4n) is 2.86. The van der Waals surface area contributed by atoms with Gasteiger partial charge in [0.25, 0.3) is 0 Å². The summed E-state index contributed by atoms with van der Waals surface area (Å²) >= 11 is 7.34. The smallest absolute Gasteiger partial charge is 0.138 e. The molecule has 2 fully saturated rings. The van der Waals surface area contributed by atoms with Gasteiger partial charge in [-0.15, -0.1) is 5.10 Å². The van der Waals surface area contributed by atoms with E-state index in [0.29, 0.717) is 12.1 Å². The van der Waals surface area contributed by atoms with Crippen molar-refractivity contribution in [1.29, 1.82) is 0 Å². The van der Waals surface area contributed by atoms with Crippen LogP contribution in [0.1, 0.15) is 31.4 Å². The van der Waals surface area contributed by atoms with Crippen LogP contribution in [0.3, 0.4) is 0 Å². The second kappa shape index (κ2) is 5.18. The Morgan fingerprint density at radius 1 is 1.41 bits per heavy atom. The summed E-state index contributed by atoms with van der Waals surface area (Å²) in [4.78, 5) is 2.47. The predicted molar refractivity (Wildman–Crippen MR) is 67.3 cm³/mol. The zero-order valence-electron chi connectivity index (χ0n) is 9.64. The highest BCUT2D eigenvalue weighted by Crippen LogP contribution is 2.30. The second-order valence-corrected chi connectivity index (χ2v) is 6.08. The summed E-state index contributed by atoms with van der Waals surface area (Å²) in [7, 11) is 0. The fourth-order valence-corrected chi connectivity index (χ4v) is 3.47. The molecule has 0 amide bonds. The number of morpholine rings is 1. The zero-order chi connectivity index (χ0) is 11.7. The molecule has 0 bridgehead atoms. The lowest BCUT2D eigenvalue weighted by molar-refractivity contribution is -0.0914. The van der Waals surface area contributed by atoms with E-state index in [1.807, 2.05) is 0 Å². The van der Waals surface area contributed by atoms with Crippen LogP contribution in [0.15, 0.2) is 0 Å². The van der Waals surface area contributed by atoms with Crippen molar-refractivity contribution in [2.45, 2.75) is 44.4 Å². The van der Waals surface area contributed by atoms with Crippen molar-refractivity contribution in [3.05, 3.63) is 10.0 Å². The maximum absolute atomic E-state index is 6.07. The molecule has 3 rings (SSSR count). The maximum atomic E-state index is 6.07. The van der Waals surface area contributed by atoms with E-state index in [0.717, 1.165) is 29.7 Å². The molecule has 94 valence electrons. The number of hydrogen-bond donors (Lipinski definition) is 0. The Labute approximate surface area is 110 Å². The van der Waals surface area contributed by atoms with Crippen molar-refractivity contribution in [1.82, 2.24) is 14.5 Å². The zero-order valence-corrected chi connectivity index (χ0v) is 11.2. The molecule has 6 heteroatoms. The summed E-state index contributed by atoms with van der Waals surface area (Å²) in [5, 5.41) is 4.10. The molecule has 1 saturated carbocycles. The lowest BCUT2D eigenvalue weighted by Gasteiger charge is -2.43. The van der Waals surface area contributed by atoms with Crippen LogP contribution in [0.4, 0.5) is 0 Å². The average Bonchev–Trinajstić information content (AvgIpc) is 2.76. The number of aromatic nitrogens is 2. The topological polar surface area (TPSA) is 38.2 Å². The van der Waals surface area contributed by atoms with Gasteiger partial charge in [0.15, 0.2) is 0 Å². The Kier molecular flexibility index (Phi) is 3.61. The first kappa shape index (κ1) is 11.8. The van der Waals surface area contributed by atoms with Crippen LogP contribution in [0.5, 0.6) is 0 Å². The van der Waals surface area contributed by atoms with Crippen LogP contribution in [-0.2, 0) is 11.3 Å². The molecular formula is C11H16ClN3OS. The third kappa shape index (κ3) is 2.47. The highest BCUT2D eigenvalue weighted by atomic mass is 35.5. The Morgan fingerprint density at radius 3 is 3.12 bits per heavy atom. The van der Waals surface area contributed by atoms with Gasteiger partial charge in [-0.1, -0.05) is 28.9 Å². The van der Waals surface area contributed by atoms with Gasteiger partial charge in [0.2, 0.25) is 0 Å². The highest BCUT2D eigenvalue weighted by Gasteiger charge is 2.34. The number of halogens is 1. The van der Waals surface area contributed by atoms with E-state index < -0.39 is 0 Å². The molecule has 2 aliphatic rings. The van der Waals surface area contributed by atoms with Gasteiger partial charge in [0.1, 0.15) is 10.0 Å². The SMILES string of the molecule is Clc1snnc1CN1CCO[C@@H]2CCCC[C@@H]21. The number of hydrogen-bond acceptors (Lipinski definition) is 5. The van der Waals surface area contributed by atoms with Gasteiger partial charge < -0.3 is 4.74 Å². The molecule has 1 aromatic heterocycles. The van der Waals surface area contributed by atoms with Gasteiger partial charge in [-0.3, -0.25) is 4.90 Å². The van der Waals surface area contributed by atoms with Crippen molar-refractivity contribution in [3.8, 4) is 0 Å². The lowest BCUT2D eigenvalue weighted by Crippen LogP contribution is -2.52. The number of ether oxygens (including phenoxy) is 1. The molecule has 0 spiro atoms. The monoisotopic (exact) mass is 273 g/mol. The summed E-state index contributed by atoms with van der Waals surface area (Å²) in [6, 6.07) is 0.551. The summed E-state index contributed by atoms with van der Waals surface area (Å²) in [5.41, 5.74) is 0.919. The molecule has 17 heavy (non-hydrogen) atoms. The molecule has 1 aliphatic heterocycles. The minimum Gasteiger partial charge on any atom is -0.375 e. The molecule has 2 heterocycles. The Balaban J connectivity index is 1.71. The summed E-state index contributed by atoms with van der Waals surface area (Å²) < 4.78 is 10.5. The minimum absolute atomic E-state index is 0.419. The van der Waals surface area contributed by atoms with E-state index in [9.17, 15) is 0 Å². The van der Waals surface area contributed by atoms with Gasteiger partial charge in [-0.2, -0.15) is 0 Å². The lowest BCUT2D eigenvalue weighted by atomic mass is 9.90.